The van der Waals surface area contributed by atoms with Gasteiger partial charge in [0.2, 0.25) is 9.70 Å². The minimum Gasteiger partial charge on any atom is -0.356 e. The van der Waals surface area contributed by atoms with Crippen LogP contribution in [0.3, 0.4) is 0 Å². The van der Waals surface area contributed by atoms with Crippen LogP contribution in [0.2, 0.25) is 0 Å². The first kappa shape index (κ1) is 30.2. The standard InChI is InChI=1S/C22H33Cl3N4O5/c1-2-3-4-5-6-7-8-9-10-11-12-13-20(30)27-21(22(23,24)25)26-18-15-14-17(28(31)32)16-19(18)29(33)34/h14-16,21,26H,2-13H2,1H3,(H,27,30)/t21-/m1/s1. The Bertz CT molecular complexity index is 805. The maximum absolute atomic E-state index is 12.4. The van der Waals surface area contributed by atoms with Crippen LogP contribution in [-0.2, 0) is 4.79 Å². The van der Waals surface area contributed by atoms with Gasteiger partial charge in [0.05, 0.1) is 15.9 Å². The monoisotopic (exact) mass is 538 g/mol. The van der Waals surface area contributed by atoms with Crippen molar-refractivity contribution in [2.24, 2.45) is 0 Å². The molecule has 0 unspecified atom stereocenters. The summed E-state index contributed by atoms with van der Waals surface area (Å²) in [6.45, 7) is 2.21. The number of amides is 1. The number of nitrogens with zero attached hydrogens (tertiary/aromatic N) is 2. The zero-order chi connectivity index (χ0) is 25.6. The summed E-state index contributed by atoms with van der Waals surface area (Å²) in [5.74, 6) is -0.371. The summed E-state index contributed by atoms with van der Waals surface area (Å²) in [5.41, 5.74) is -1.15. The van der Waals surface area contributed by atoms with Crippen LogP contribution in [0.15, 0.2) is 18.2 Å². The average molecular weight is 540 g/mol. The van der Waals surface area contributed by atoms with E-state index in [1.165, 1.54) is 44.9 Å². The third kappa shape index (κ3) is 12.0. The summed E-state index contributed by atoms with van der Waals surface area (Å²) in [6.07, 6.45) is 11.6. The molecule has 12 heteroatoms. The van der Waals surface area contributed by atoms with E-state index in [0.717, 1.165) is 37.5 Å². The second-order valence-electron chi connectivity index (χ2n) is 8.19. The van der Waals surface area contributed by atoms with E-state index in [1.807, 2.05) is 0 Å². The van der Waals surface area contributed by atoms with Gasteiger partial charge in [-0.25, -0.2) is 0 Å². The normalized spacial score (nSPS) is 12.2. The molecule has 34 heavy (non-hydrogen) atoms. The van der Waals surface area contributed by atoms with Gasteiger partial charge in [-0.2, -0.15) is 0 Å². The number of nitrogens with one attached hydrogen (secondary N) is 2. The lowest BCUT2D eigenvalue weighted by molar-refractivity contribution is -0.393. The number of unbranched alkanes of at least 4 members (excludes halogenated alkanes) is 10. The number of anilines is 1. The van der Waals surface area contributed by atoms with Crippen molar-refractivity contribution in [1.29, 1.82) is 0 Å². The molecule has 1 amide bonds. The first-order valence-electron chi connectivity index (χ1n) is 11.6. The van der Waals surface area contributed by atoms with Crippen LogP contribution in [0.4, 0.5) is 17.1 Å². The van der Waals surface area contributed by atoms with Gasteiger partial charge in [0, 0.05) is 12.5 Å². The van der Waals surface area contributed by atoms with E-state index in [2.05, 4.69) is 17.6 Å². The second kappa shape index (κ2) is 15.9. The summed E-state index contributed by atoms with van der Waals surface area (Å²) in [5, 5.41) is 27.4. The van der Waals surface area contributed by atoms with E-state index >= 15 is 0 Å². The van der Waals surface area contributed by atoms with Gasteiger partial charge in [0.1, 0.15) is 11.9 Å². The maximum Gasteiger partial charge on any atom is 0.299 e. The number of alkyl halides is 3. The smallest absolute Gasteiger partial charge is 0.299 e. The number of non-ortho nitro benzene ring substituents is 1. The van der Waals surface area contributed by atoms with Crippen molar-refractivity contribution < 1.29 is 14.6 Å². The molecule has 0 fully saturated rings. The Hall–Kier alpha value is -1.84. The zero-order valence-electron chi connectivity index (χ0n) is 19.4. The molecule has 0 spiro atoms. The van der Waals surface area contributed by atoms with Crippen LogP contribution < -0.4 is 10.6 Å². The van der Waals surface area contributed by atoms with E-state index in [4.69, 9.17) is 34.8 Å². The third-order valence-electron chi connectivity index (χ3n) is 5.33. The van der Waals surface area contributed by atoms with Crippen LogP contribution in [0.1, 0.15) is 84.0 Å². The van der Waals surface area contributed by atoms with Crippen LogP contribution in [0.5, 0.6) is 0 Å². The van der Waals surface area contributed by atoms with E-state index in [-0.39, 0.29) is 18.0 Å². The van der Waals surface area contributed by atoms with Crippen LogP contribution in [-0.4, -0.2) is 25.7 Å². The number of carbonyl (C=O) groups excluding carboxylic acids is 1. The Morgan fingerprint density at radius 2 is 1.44 bits per heavy atom. The average Bonchev–Trinajstić information content (AvgIpc) is 2.76. The fourth-order valence-corrected chi connectivity index (χ4v) is 3.77. The molecule has 0 aliphatic rings. The predicted octanol–water partition coefficient (Wildman–Crippen LogP) is 7.43. The SMILES string of the molecule is CCCCCCCCCCCCCC(=O)N[C@@H](Nc1ccc([N+](=O)[O-])cc1[N+](=O)[O-])C(Cl)(Cl)Cl. The van der Waals surface area contributed by atoms with Gasteiger partial charge < -0.3 is 10.6 Å². The molecule has 1 rings (SSSR count). The Balaban J connectivity index is 2.50. The minimum absolute atomic E-state index is 0.123. The molecular weight excluding hydrogens is 507 g/mol. The largest absolute Gasteiger partial charge is 0.356 e. The summed E-state index contributed by atoms with van der Waals surface area (Å²) in [6, 6.07) is 3.01. The molecule has 1 aromatic carbocycles. The van der Waals surface area contributed by atoms with Gasteiger partial charge in [0.15, 0.2) is 0 Å². The van der Waals surface area contributed by atoms with E-state index in [9.17, 15) is 25.0 Å². The number of hydrogen-bond acceptors (Lipinski definition) is 6. The lowest BCUT2D eigenvalue weighted by Gasteiger charge is -2.27. The number of carbonyl (C=O) groups is 1. The number of rotatable bonds is 17. The quantitative estimate of drug-likeness (QED) is 0.0696. The molecule has 0 bridgehead atoms. The van der Waals surface area contributed by atoms with Crippen molar-refractivity contribution in [2.45, 2.75) is 93.9 Å². The molecular formula is C22H33Cl3N4O5. The number of nitro benzene ring substituents is 2. The zero-order valence-corrected chi connectivity index (χ0v) is 21.6. The summed E-state index contributed by atoms with van der Waals surface area (Å²) < 4.78 is -2.03. The van der Waals surface area contributed by atoms with Gasteiger partial charge in [-0.1, -0.05) is 106 Å². The number of nitro groups is 2. The van der Waals surface area contributed by atoms with Gasteiger partial charge >= 0.3 is 0 Å². The van der Waals surface area contributed by atoms with Gasteiger partial charge in [-0.15, -0.1) is 0 Å². The molecule has 0 aliphatic carbocycles. The summed E-state index contributed by atoms with van der Waals surface area (Å²) in [7, 11) is 0. The van der Waals surface area contributed by atoms with E-state index < -0.39 is 31.2 Å². The molecule has 9 nitrogen and oxygen atoms in total. The lowest BCUT2D eigenvalue weighted by Crippen LogP contribution is -2.49. The van der Waals surface area contributed by atoms with E-state index in [1.54, 1.807) is 0 Å². The number of benzene rings is 1. The first-order valence-corrected chi connectivity index (χ1v) is 12.7. The molecule has 1 atom stereocenters. The highest BCUT2D eigenvalue weighted by Gasteiger charge is 2.35. The summed E-state index contributed by atoms with van der Waals surface area (Å²) >= 11 is 17.9. The van der Waals surface area contributed by atoms with Crippen molar-refractivity contribution in [3.05, 3.63) is 38.4 Å². The molecule has 2 N–H and O–H groups in total. The number of halogens is 3. The highest BCUT2D eigenvalue weighted by molar-refractivity contribution is 6.68. The number of hydrogen-bond donors (Lipinski definition) is 2. The van der Waals surface area contributed by atoms with Crippen LogP contribution >= 0.6 is 34.8 Å². The topological polar surface area (TPSA) is 127 Å². The molecule has 0 radical (unpaired) electrons. The fraction of sp³-hybridized carbons (Fsp3) is 0.682. The Morgan fingerprint density at radius 3 is 1.91 bits per heavy atom. The van der Waals surface area contributed by atoms with Gasteiger partial charge in [-0.3, -0.25) is 25.0 Å². The minimum atomic E-state index is -2.03. The molecule has 0 saturated carbocycles. The van der Waals surface area contributed by atoms with Crippen LogP contribution in [0, 0.1) is 20.2 Å². The third-order valence-corrected chi connectivity index (χ3v) is 5.98. The first-order chi connectivity index (χ1) is 16.1. The van der Waals surface area contributed by atoms with Crippen molar-refractivity contribution in [2.75, 3.05) is 5.32 Å². The molecule has 0 heterocycles. The second-order valence-corrected chi connectivity index (χ2v) is 10.6. The van der Waals surface area contributed by atoms with Gasteiger partial charge in [-0.05, 0) is 12.5 Å². The summed E-state index contributed by atoms with van der Waals surface area (Å²) in [4.78, 5) is 33.1. The van der Waals surface area contributed by atoms with Crippen molar-refractivity contribution >= 4 is 57.8 Å². The predicted molar refractivity (Wildman–Crippen MR) is 137 cm³/mol. The van der Waals surface area contributed by atoms with Gasteiger partial charge in [0.25, 0.3) is 11.4 Å². The Kier molecular flexibility index (Phi) is 14.2. The van der Waals surface area contributed by atoms with Crippen LogP contribution in [0.25, 0.3) is 0 Å². The van der Waals surface area contributed by atoms with Crippen molar-refractivity contribution in [1.82, 2.24) is 5.32 Å². The molecule has 192 valence electrons. The Morgan fingerprint density at radius 1 is 0.912 bits per heavy atom. The molecule has 0 aliphatic heterocycles. The van der Waals surface area contributed by atoms with Crippen molar-refractivity contribution in [3.8, 4) is 0 Å². The highest BCUT2D eigenvalue weighted by Crippen LogP contribution is 2.35. The fourth-order valence-electron chi connectivity index (χ4n) is 3.44. The molecule has 1 aromatic rings. The van der Waals surface area contributed by atoms with E-state index in [0.29, 0.717) is 6.42 Å². The Labute approximate surface area is 215 Å². The molecule has 0 saturated heterocycles. The maximum atomic E-state index is 12.4. The molecule has 0 aromatic heterocycles. The van der Waals surface area contributed by atoms with Crippen molar-refractivity contribution in [3.63, 3.8) is 0 Å². The lowest BCUT2D eigenvalue weighted by atomic mass is 10.1. The highest BCUT2D eigenvalue weighted by atomic mass is 35.6.